The van der Waals surface area contributed by atoms with Gasteiger partial charge in [0.2, 0.25) is 5.76 Å². The molecule has 1 amide bonds. The van der Waals surface area contributed by atoms with Gasteiger partial charge in [0.05, 0.1) is 17.0 Å². The van der Waals surface area contributed by atoms with Crippen molar-refractivity contribution in [1.82, 2.24) is 0 Å². The minimum atomic E-state index is -1.16. The van der Waals surface area contributed by atoms with Crippen molar-refractivity contribution in [3.63, 3.8) is 0 Å². The average molecular weight is 397 g/mol. The normalized spacial score (nSPS) is 11.5. The van der Waals surface area contributed by atoms with Gasteiger partial charge in [-0.3, -0.25) is 9.59 Å². The van der Waals surface area contributed by atoms with Crippen molar-refractivity contribution < 1.29 is 18.7 Å². The molecule has 0 saturated carbocycles. The lowest BCUT2D eigenvalue weighted by molar-refractivity contribution is -0.123. The number of nitrogens with zero attached hydrogens (tertiary/aromatic N) is 1. The molecule has 8 heteroatoms. The second-order valence-corrected chi connectivity index (χ2v) is 6.28. The summed E-state index contributed by atoms with van der Waals surface area (Å²) in [5.41, 5.74) is 0.483. The highest BCUT2D eigenvalue weighted by Crippen LogP contribution is 2.18. The molecule has 0 radical (unpaired) electrons. The number of hydrogen-bond acceptors (Lipinski definition) is 6. The molecule has 3 rings (SSSR count). The third kappa shape index (κ3) is 4.19. The molecule has 1 N–H and O–H groups in total. The molecule has 1 heterocycles. The lowest BCUT2D eigenvalue weighted by atomic mass is 10.2. The van der Waals surface area contributed by atoms with Crippen molar-refractivity contribution in [3.8, 4) is 6.07 Å². The molecule has 3 aromatic rings. The van der Waals surface area contributed by atoms with Crippen LogP contribution >= 0.6 is 11.6 Å². The Labute approximate surface area is 164 Å². The van der Waals surface area contributed by atoms with Gasteiger partial charge in [-0.25, -0.2) is 4.79 Å². The van der Waals surface area contributed by atoms with Crippen molar-refractivity contribution in [2.24, 2.45) is 0 Å². The number of esters is 1. The number of nitrogens with one attached hydrogen (secondary N) is 1. The van der Waals surface area contributed by atoms with Crippen LogP contribution in [0, 0.1) is 11.3 Å². The number of nitriles is 1. The van der Waals surface area contributed by atoms with Crippen LogP contribution in [0.25, 0.3) is 11.0 Å². The van der Waals surface area contributed by atoms with Crippen molar-refractivity contribution in [2.45, 2.75) is 13.0 Å². The molecule has 1 aromatic heterocycles. The van der Waals surface area contributed by atoms with E-state index in [9.17, 15) is 14.4 Å². The smallest absolute Gasteiger partial charge is 0.375 e. The van der Waals surface area contributed by atoms with Gasteiger partial charge < -0.3 is 14.5 Å². The lowest BCUT2D eigenvalue weighted by Crippen LogP contribution is -2.30. The maximum atomic E-state index is 12.3. The fraction of sp³-hybridized carbons (Fsp3) is 0.100. The molecule has 0 unspecified atom stereocenters. The molecule has 0 aliphatic carbocycles. The second-order valence-electron chi connectivity index (χ2n) is 5.84. The molecule has 7 nitrogen and oxygen atoms in total. The van der Waals surface area contributed by atoms with Gasteiger partial charge in [-0.05, 0) is 43.3 Å². The average Bonchev–Trinajstić information content (AvgIpc) is 2.68. The maximum absolute atomic E-state index is 12.3. The van der Waals surface area contributed by atoms with Crippen LogP contribution < -0.4 is 10.7 Å². The molecule has 28 heavy (non-hydrogen) atoms. The Hall–Kier alpha value is -3.63. The van der Waals surface area contributed by atoms with Crippen molar-refractivity contribution in [1.29, 1.82) is 5.26 Å². The number of rotatable bonds is 4. The van der Waals surface area contributed by atoms with E-state index in [4.69, 9.17) is 26.0 Å². The predicted molar refractivity (Wildman–Crippen MR) is 102 cm³/mol. The Morgan fingerprint density at radius 1 is 1.21 bits per heavy atom. The van der Waals surface area contributed by atoms with E-state index in [2.05, 4.69) is 5.32 Å². The third-order valence-corrected chi connectivity index (χ3v) is 4.04. The highest BCUT2D eigenvalue weighted by Gasteiger charge is 2.21. The topological polar surface area (TPSA) is 109 Å². The largest absolute Gasteiger partial charge is 0.449 e. The maximum Gasteiger partial charge on any atom is 0.375 e. The van der Waals surface area contributed by atoms with Gasteiger partial charge in [-0.15, -0.1) is 0 Å². The summed E-state index contributed by atoms with van der Waals surface area (Å²) in [5, 5.41) is 12.0. The Bertz CT molecular complexity index is 1180. The first-order valence-electron chi connectivity index (χ1n) is 8.13. The summed E-state index contributed by atoms with van der Waals surface area (Å²) in [6.45, 7) is 1.38. The van der Waals surface area contributed by atoms with Gasteiger partial charge in [-0.1, -0.05) is 17.7 Å². The van der Waals surface area contributed by atoms with Crippen LogP contribution in [0.1, 0.15) is 23.0 Å². The molecule has 0 bridgehead atoms. The first-order chi connectivity index (χ1) is 13.4. The van der Waals surface area contributed by atoms with Gasteiger partial charge >= 0.3 is 5.97 Å². The van der Waals surface area contributed by atoms with Crippen LogP contribution in [0.5, 0.6) is 0 Å². The first kappa shape index (κ1) is 19.1. The molecule has 0 fully saturated rings. The summed E-state index contributed by atoms with van der Waals surface area (Å²) in [6, 6.07) is 13.7. The number of carbonyl (C=O) groups is 2. The molecule has 140 valence electrons. The molecule has 0 spiro atoms. The van der Waals surface area contributed by atoms with E-state index in [1.165, 1.54) is 31.2 Å². The molecule has 1 atom stereocenters. The van der Waals surface area contributed by atoms with E-state index < -0.39 is 23.4 Å². The Morgan fingerprint density at radius 2 is 2.00 bits per heavy atom. The zero-order chi connectivity index (χ0) is 20.3. The van der Waals surface area contributed by atoms with E-state index in [0.717, 1.165) is 6.07 Å². The highest BCUT2D eigenvalue weighted by molar-refractivity contribution is 6.31. The number of ether oxygens (including phenoxy) is 1. The van der Waals surface area contributed by atoms with Crippen LogP contribution in [-0.4, -0.2) is 18.0 Å². The number of fused-ring (bicyclic) bond motifs is 1. The Morgan fingerprint density at radius 3 is 2.75 bits per heavy atom. The van der Waals surface area contributed by atoms with Crippen LogP contribution in [-0.2, 0) is 9.53 Å². The number of benzene rings is 2. The van der Waals surface area contributed by atoms with E-state index in [1.54, 1.807) is 18.2 Å². The molecule has 0 aliphatic heterocycles. The standard InChI is InChI=1S/C20H13ClN2O5/c1-11(19(25)23-14-4-2-3-12(7-14)10-22)27-20(26)18-9-16(24)15-8-13(21)5-6-17(15)28-18/h2-9,11H,1H3,(H,23,25)/t11-/m0/s1. The van der Waals surface area contributed by atoms with Crippen LogP contribution in [0.15, 0.2) is 57.7 Å². The fourth-order valence-electron chi connectivity index (χ4n) is 2.41. The number of halogens is 1. The van der Waals surface area contributed by atoms with E-state index in [1.807, 2.05) is 6.07 Å². The number of amides is 1. The quantitative estimate of drug-likeness (QED) is 0.676. The molecule has 2 aromatic carbocycles. The number of carbonyl (C=O) groups excluding carboxylic acids is 2. The van der Waals surface area contributed by atoms with Crippen LogP contribution in [0.4, 0.5) is 5.69 Å². The molecule has 0 saturated heterocycles. The fourth-order valence-corrected chi connectivity index (χ4v) is 2.58. The van der Waals surface area contributed by atoms with Gasteiger partial charge in [0, 0.05) is 16.8 Å². The van der Waals surface area contributed by atoms with E-state index in [-0.39, 0.29) is 16.7 Å². The monoisotopic (exact) mass is 396 g/mol. The van der Waals surface area contributed by atoms with Crippen molar-refractivity contribution in [2.75, 3.05) is 5.32 Å². The first-order valence-corrected chi connectivity index (χ1v) is 8.50. The summed E-state index contributed by atoms with van der Waals surface area (Å²) < 4.78 is 10.5. The second kappa shape index (κ2) is 7.94. The van der Waals surface area contributed by atoms with Gasteiger partial charge in [-0.2, -0.15) is 5.26 Å². The Kier molecular flexibility index (Phi) is 5.43. The van der Waals surface area contributed by atoms with Gasteiger partial charge in [0.1, 0.15) is 5.58 Å². The summed E-state index contributed by atoms with van der Waals surface area (Å²) in [7, 11) is 0. The van der Waals surface area contributed by atoms with E-state index >= 15 is 0 Å². The SMILES string of the molecule is C[C@H](OC(=O)c1cc(=O)c2cc(Cl)ccc2o1)C(=O)Nc1cccc(C#N)c1. The highest BCUT2D eigenvalue weighted by atomic mass is 35.5. The molecule has 0 aliphatic rings. The lowest BCUT2D eigenvalue weighted by Gasteiger charge is -2.13. The minimum Gasteiger partial charge on any atom is -0.449 e. The van der Waals surface area contributed by atoms with Crippen molar-refractivity contribution in [3.05, 3.63) is 75.1 Å². The summed E-state index contributed by atoms with van der Waals surface area (Å²) in [5.74, 6) is -1.88. The van der Waals surface area contributed by atoms with E-state index in [0.29, 0.717) is 16.3 Å². The Balaban J connectivity index is 1.74. The number of anilines is 1. The summed E-state index contributed by atoms with van der Waals surface area (Å²) in [6.07, 6.45) is -1.16. The van der Waals surface area contributed by atoms with Crippen molar-refractivity contribution >= 4 is 40.1 Å². The molecular formula is C20H13ClN2O5. The van der Waals surface area contributed by atoms with Gasteiger partial charge in [0.15, 0.2) is 11.5 Å². The number of hydrogen-bond donors (Lipinski definition) is 1. The van der Waals surface area contributed by atoms with Crippen LogP contribution in [0.2, 0.25) is 5.02 Å². The summed E-state index contributed by atoms with van der Waals surface area (Å²) in [4.78, 5) is 36.6. The zero-order valence-corrected chi connectivity index (χ0v) is 15.3. The van der Waals surface area contributed by atoms with Gasteiger partial charge in [0.25, 0.3) is 5.91 Å². The molecular weight excluding hydrogens is 384 g/mol. The summed E-state index contributed by atoms with van der Waals surface area (Å²) >= 11 is 5.85. The predicted octanol–water partition coefficient (Wildman–Crippen LogP) is 3.50. The van der Waals surface area contributed by atoms with Crippen LogP contribution in [0.3, 0.4) is 0 Å². The third-order valence-electron chi connectivity index (χ3n) is 3.80. The minimum absolute atomic E-state index is 0.175. The zero-order valence-electron chi connectivity index (χ0n) is 14.6.